The van der Waals surface area contributed by atoms with Gasteiger partial charge < -0.3 is 15.6 Å². The van der Waals surface area contributed by atoms with Crippen molar-refractivity contribution in [3.63, 3.8) is 0 Å². The van der Waals surface area contributed by atoms with Gasteiger partial charge in [-0.1, -0.05) is 30.3 Å². The summed E-state index contributed by atoms with van der Waals surface area (Å²) in [7, 11) is 0. The molecule has 3 N–H and O–H groups in total. The minimum atomic E-state index is -0.0681. The second-order valence-corrected chi connectivity index (χ2v) is 4.69. The van der Waals surface area contributed by atoms with Gasteiger partial charge in [0.25, 0.3) is 0 Å². The number of hydrogen-bond acceptors (Lipinski definition) is 3. The molecule has 1 aromatic carbocycles. The molecular weight excluding hydrogens is 202 g/mol. The molecular formula is C13H19NO2. The Morgan fingerprint density at radius 1 is 1.31 bits per heavy atom. The number of hydrogen-bond donors (Lipinski definition) is 2. The average molecular weight is 221 g/mol. The molecule has 0 saturated heterocycles. The molecule has 1 aromatic rings. The summed E-state index contributed by atoms with van der Waals surface area (Å²) < 4.78 is 5.76. The normalized spacial score (nSPS) is 28.8. The van der Waals surface area contributed by atoms with Crippen molar-refractivity contribution in [2.45, 2.75) is 25.6 Å². The highest BCUT2D eigenvalue weighted by Crippen LogP contribution is 2.41. The largest absolute Gasteiger partial charge is 0.396 e. The Bertz CT molecular complexity index is 314. The van der Waals surface area contributed by atoms with E-state index in [1.54, 1.807) is 0 Å². The standard InChI is InChI=1S/C13H19NO2/c14-9-13(10-15)6-12(7-13)16-8-11-4-2-1-3-5-11/h1-5,12,15H,6-10,14H2. The second-order valence-electron chi connectivity index (χ2n) is 4.69. The lowest BCUT2D eigenvalue weighted by atomic mass is 9.67. The van der Waals surface area contributed by atoms with Crippen LogP contribution in [-0.4, -0.2) is 24.4 Å². The quantitative estimate of drug-likeness (QED) is 0.788. The van der Waals surface area contributed by atoms with Crippen molar-refractivity contribution in [1.82, 2.24) is 0 Å². The van der Waals surface area contributed by atoms with Crippen LogP contribution in [0.1, 0.15) is 18.4 Å². The molecule has 1 saturated carbocycles. The van der Waals surface area contributed by atoms with Crippen molar-refractivity contribution in [2.24, 2.45) is 11.1 Å². The highest BCUT2D eigenvalue weighted by Gasteiger charge is 2.43. The highest BCUT2D eigenvalue weighted by atomic mass is 16.5. The first-order valence-corrected chi connectivity index (χ1v) is 5.74. The Balaban J connectivity index is 1.74. The van der Waals surface area contributed by atoms with Gasteiger partial charge in [-0.15, -0.1) is 0 Å². The number of benzene rings is 1. The first-order chi connectivity index (χ1) is 7.78. The van der Waals surface area contributed by atoms with E-state index in [-0.39, 0.29) is 18.1 Å². The van der Waals surface area contributed by atoms with Crippen molar-refractivity contribution in [3.8, 4) is 0 Å². The fraction of sp³-hybridized carbons (Fsp3) is 0.538. The fourth-order valence-electron chi connectivity index (χ4n) is 2.17. The summed E-state index contributed by atoms with van der Waals surface area (Å²) in [4.78, 5) is 0. The van der Waals surface area contributed by atoms with Gasteiger partial charge in [0, 0.05) is 12.0 Å². The van der Waals surface area contributed by atoms with Crippen LogP contribution < -0.4 is 5.73 Å². The van der Waals surface area contributed by atoms with Gasteiger partial charge in [-0.05, 0) is 18.4 Å². The van der Waals surface area contributed by atoms with Crippen molar-refractivity contribution in [3.05, 3.63) is 35.9 Å². The molecule has 3 heteroatoms. The van der Waals surface area contributed by atoms with Gasteiger partial charge in [-0.2, -0.15) is 0 Å². The Kier molecular flexibility index (Phi) is 3.59. The maximum absolute atomic E-state index is 9.20. The average Bonchev–Trinajstić information content (AvgIpc) is 2.30. The molecule has 0 heterocycles. The Morgan fingerprint density at radius 3 is 2.56 bits per heavy atom. The summed E-state index contributed by atoms with van der Waals surface area (Å²) >= 11 is 0. The third kappa shape index (κ3) is 2.43. The molecule has 1 fully saturated rings. The molecule has 0 aromatic heterocycles. The molecule has 0 atom stereocenters. The van der Waals surface area contributed by atoms with E-state index in [1.807, 2.05) is 18.2 Å². The van der Waals surface area contributed by atoms with Crippen LogP contribution >= 0.6 is 0 Å². The number of nitrogens with two attached hydrogens (primary N) is 1. The zero-order valence-corrected chi connectivity index (χ0v) is 9.43. The first kappa shape index (κ1) is 11.6. The maximum atomic E-state index is 9.20. The van der Waals surface area contributed by atoms with Crippen LogP contribution in [0.2, 0.25) is 0 Å². The smallest absolute Gasteiger partial charge is 0.0720 e. The fourth-order valence-corrected chi connectivity index (χ4v) is 2.17. The predicted octanol–water partition coefficient (Wildman–Crippen LogP) is 1.30. The third-order valence-electron chi connectivity index (χ3n) is 3.42. The molecule has 0 radical (unpaired) electrons. The third-order valence-corrected chi connectivity index (χ3v) is 3.42. The molecule has 2 rings (SSSR count). The van der Waals surface area contributed by atoms with Gasteiger partial charge in [-0.3, -0.25) is 0 Å². The lowest BCUT2D eigenvalue weighted by Gasteiger charge is -2.45. The molecule has 0 bridgehead atoms. The van der Waals surface area contributed by atoms with E-state index in [1.165, 1.54) is 5.56 Å². The van der Waals surface area contributed by atoms with Gasteiger partial charge in [0.2, 0.25) is 0 Å². The molecule has 0 unspecified atom stereocenters. The molecule has 0 spiro atoms. The summed E-state index contributed by atoms with van der Waals surface area (Å²) in [5.41, 5.74) is 6.76. The predicted molar refractivity (Wildman–Crippen MR) is 62.8 cm³/mol. The van der Waals surface area contributed by atoms with Crippen LogP contribution in [0.3, 0.4) is 0 Å². The van der Waals surface area contributed by atoms with Crippen molar-refractivity contribution in [1.29, 1.82) is 0 Å². The summed E-state index contributed by atoms with van der Waals surface area (Å²) in [5, 5.41) is 9.20. The van der Waals surface area contributed by atoms with Crippen LogP contribution in [0.5, 0.6) is 0 Å². The van der Waals surface area contributed by atoms with E-state index in [4.69, 9.17) is 10.5 Å². The van der Waals surface area contributed by atoms with Gasteiger partial charge in [-0.25, -0.2) is 0 Å². The summed E-state index contributed by atoms with van der Waals surface area (Å²) in [6, 6.07) is 10.1. The van der Waals surface area contributed by atoms with E-state index >= 15 is 0 Å². The zero-order valence-electron chi connectivity index (χ0n) is 9.43. The highest BCUT2D eigenvalue weighted by molar-refractivity contribution is 5.13. The lowest BCUT2D eigenvalue weighted by Crippen LogP contribution is -2.49. The van der Waals surface area contributed by atoms with Crippen LogP contribution in [0, 0.1) is 5.41 Å². The van der Waals surface area contributed by atoms with E-state index in [2.05, 4.69) is 12.1 Å². The minimum Gasteiger partial charge on any atom is -0.396 e. The summed E-state index contributed by atoms with van der Waals surface area (Å²) in [6.07, 6.45) is 2.02. The van der Waals surface area contributed by atoms with Gasteiger partial charge in [0.05, 0.1) is 19.3 Å². The monoisotopic (exact) mass is 221 g/mol. The zero-order chi connectivity index (χ0) is 11.4. The Labute approximate surface area is 96.2 Å². The SMILES string of the molecule is NCC1(CO)CC(OCc2ccccc2)C1. The van der Waals surface area contributed by atoms with Crippen LogP contribution in [0.4, 0.5) is 0 Å². The first-order valence-electron chi connectivity index (χ1n) is 5.74. The number of aliphatic hydroxyl groups excluding tert-OH is 1. The topological polar surface area (TPSA) is 55.5 Å². The Hall–Kier alpha value is -0.900. The Morgan fingerprint density at radius 2 is 2.00 bits per heavy atom. The molecule has 1 aliphatic carbocycles. The molecule has 0 aliphatic heterocycles. The van der Waals surface area contributed by atoms with Gasteiger partial charge in [0.1, 0.15) is 0 Å². The molecule has 88 valence electrons. The van der Waals surface area contributed by atoms with Crippen LogP contribution in [-0.2, 0) is 11.3 Å². The van der Waals surface area contributed by atoms with Crippen molar-refractivity contribution < 1.29 is 9.84 Å². The maximum Gasteiger partial charge on any atom is 0.0720 e. The number of aliphatic hydroxyl groups is 1. The van der Waals surface area contributed by atoms with Crippen LogP contribution in [0.25, 0.3) is 0 Å². The summed E-state index contributed by atoms with van der Waals surface area (Å²) in [6.45, 7) is 1.38. The van der Waals surface area contributed by atoms with E-state index in [0.29, 0.717) is 13.2 Å². The van der Waals surface area contributed by atoms with Gasteiger partial charge >= 0.3 is 0 Å². The van der Waals surface area contributed by atoms with Crippen LogP contribution in [0.15, 0.2) is 30.3 Å². The number of ether oxygens (including phenoxy) is 1. The molecule has 3 nitrogen and oxygen atoms in total. The molecule has 16 heavy (non-hydrogen) atoms. The van der Waals surface area contributed by atoms with E-state index in [0.717, 1.165) is 12.8 Å². The second kappa shape index (κ2) is 4.95. The minimum absolute atomic E-state index is 0.0681. The van der Waals surface area contributed by atoms with E-state index in [9.17, 15) is 5.11 Å². The lowest BCUT2D eigenvalue weighted by molar-refractivity contribution is -0.103. The van der Waals surface area contributed by atoms with E-state index < -0.39 is 0 Å². The number of rotatable bonds is 5. The van der Waals surface area contributed by atoms with Crippen molar-refractivity contribution in [2.75, 3.05) is 13.2 Å². The van der Waals surface area contributed by atoms with Crippen molar-refractivity contribution >= 4 is 0 Å². The molecule has 0 amide bonds. The summed E-state index contributed by atoms with van der Waals surface area (Å²) in [5.74, 6) is 0. The molecule has 1 aliphatic rings. The van der Waals surface area contributed by atoms with Gasteiger partial charge in [0.15, 0.2) is 0 Å².